The van der Waals surface area contributed by atoms with E-state index < -0.39 is 0 Å². The summed E-state index contributed by atoms with van der Waals surface area (Å²) in [5.74, 6) is 4.68. The largest absolute Gasteiger partial charge is 2.00 e. The molecule has 0 spiro atoms. The number of benzene rings is 2. The summed E-state index contributed by atoms with van der Waals surface area (Å²) in [6, 6.07) is 20.5. The van der Waals surface area contributed by atoms with E-state index in [0.717, 1.165) is 41.6 Å². The normalized spacial score (nSPS) is 24.9. The summed E-state index contributed by atoms with van der Waals surface area (Å²) in [7, 11) is 0. The van der Waals surface area contributed by atoms with Gasteiger partial charge < -0.3 is 0 Å². The van der Waals surface area contributed by atoms with Gasteiger partial charge in [-0.2, -0.15) is 0 Å². The summed E-state index contributed by atoms with van der Waals surface area (Å²) < 4.78 is 7.50. The molecule has 2 aromatic carbocycles. The average Bonchev–Trinajstić information content (AvgIpc) is 2.94. The maximum Gasteiger partial charge on any atom is 2.00 e. The molecule has 30 heavy (non-hydrogen) atoms. The molecule has 1 nitrogen and oxygen atoms in total. The molecule has 0 N–H and O–H groups in total. The predicted molar refractivity (Wildman–Crippen MR) is 123 cm³/mol. The van der Waals surface area contributed by atoms with Crippen LogP contribution in [0, 0.1) is 42.3 Å². The second-order valence-electron chi connectivity index (χ2n) is 8.12. The molecule has 0 heterocycles. The van der Waals surface area contributed by atoms with Crippen molar-refractivity contribution >= 4 is 5.57 Å². The van der Waals surface area contributed by atoms with Crippen LogP contribution >= 0.6 is 0 Å². The van der Waals surface area contributed by atoms with Crippen LogP contribution in [0.4, 0.5) is 0 Å². The molecule has 3 rings (SSSR count). The molecule has 1 saturated carbocycles. The van der Waals surface area contributed by atoms with Gasteiger partial charge in [0.25, 0.3) is 0 Å². The van der Waals surface area contributed by atoms with Crippen molar-refractivity contribution in [1.29, 1.82) is 0 Å². The SMILES string of the molecule is C=CCC(=[C-]c1ccccc1)c1ccccc1.CC1C(C)C(C)C(C)C1C.[C-]#[O+].[Ru+2]. The van der Waals surface area contributed by atoms with Crippen molar-refractivity contribution in [1.82, 2.24) is 0 Å². The van der Waals surface area contributed by atoms with E-state index in [0.29, 0.717) is 0 Å². The Kier molecular flexibility index (Phi) is 14.3. The number of allylic oxidation sites excluding steroid dienone is 2. The van der Waals surface area contributed by atoms with Gasteiger partial charge in [0.1, 0.15) is 0 Å². The van der Waals surface area contributed by atoms with Crippen LogP contribution in [-0.2, 0) is 24.1 Å². The first-order valence-electron chi connectivity index (χ1n) is 10.5. The van der Waals surface area contributed by atoms with E-state index >= 15 is 0 Å². The molecule has 0 unspecified atom stereocenters. The van der Waals surface area contributed by atoms with Crippen LogP contribution in [0.1, 0.15) is 52.2 Å². The van der Waals surface area contributed by atoms with E-state index in [9.17, 15) is 0 Å². The first-order chi connectivity index (χ1) is 14.0. The summed E-state index contributed by atoms with van der Waals surface area (Å²) in [6.07, 6.45) is 6.19. The number of hydrogen-bond donors (Lipinski definition) is 0. The van der Waals surface area contributed by atoms with E-state index in [1.165, 1.54) is 11.1 Å². The molecule has 2 aromatic rings. The van der Waals surface area contributed by atoms with Gasteiger partial charge >= 0.3 is 30.8 Å². The second kappa shape index (κ2) is 15.1. The quantitative estimate of drug-likeness (QED) is 0.139. The van der Waals surface area contributed by atoms with Gasteiger partial charge in [0.05, 0.1) is 0 Å². The molecule has 1 aliphatic rings. The van der Waals surface area contributed by atoms with Crippen LogP contribution in [0.3, 0.4) is 0 Å². The van der Waals surface area contributed by atoms with Crippen LogP contribution in [0.2, 0.25) is 0 Å². The Balaban J connectivity index is 0.000000557. The van der Waals surface area contributed by atoms with Crippen molar-refractivity contribution in [2.24, 2.45) is 29.6 Å². The van der Waals surface area contributed by atoms with Crippen molar-refractivity contribution in [3.8, 4) is 0 Å². The molecule has 0 saturated heterocycles. The van der Waals surface area contributed by atoms with Crippen molar-refractivity contribution in [3.63, 3.8) is 0 Å². The fourth-order valence-electron chi connectivity index (χ4n) is 4.11. The third-order valence-corrected chi connectivity index (χ3v) is 6.69. The molecule has 1 aliphatic carbocycles. The van der Waals surface area contributed by atoms with E-state index in [1.807, 2.05) is 42.5 Å². The van der Waals surface area contributed by atoms with Gasteiger partial charge in [-0.1, -0.05) is 82.7 Å². The van der Waals surface area contributed by atoms with Crippen LogP contribution < -0.4 is 0 Å². The monoisotopic (exact) mass is 489 g/mol. The van der Waals surface area contributed by atoms with Gasteiger partial charge in [-0.25, -0.2) is 0 Å². The minimum absolute atomic E-state index is 0. The fourth-order valence-corrected chi connectivity index (χ4v) is 4.11. The molecule has 1 fully saturated rings. The zero-order valence-corrected chi connectivity index (χ0v) is 20.7. The third-order valence-electron chi connectivity index (χ3n) is 6.69. The van der Waals surface area contributed by atoms with Gasteiger partial charge in [-0.15, -0.1) is 48.1 Å². The summed E-state index contributed by atoms with van der Waals surface area (Å²) in [5.41, 5.74) is 3.48. The molecule has 160 valence electrons. The van der Waals surface area contributed by atoms with E-state index in [-0.39, 0.29) is 19.5 Å². The maximum atomic E-state index is 7.50. The van der Waals surface area contributed by atoms with Gasteiger partial charge in [0.15, 0.2) is 0 Å². The maximum absolute atomic E-state index is 7.50. The molecular weight excluding hydrogens is 453 g/mol. The molecule has 0 aromatic heterocycles. The Hall–Kier alpha value is -1.72. The molecule has 0 atom stereocenters. The first kappa shape index (κ1) is 28.3. The molecule has 0 radical (unpaired) electrons. The van der Waals surface area contributed by atoms with Gasteiger partial charge in [0, 0.05) is 0 Å². The third kappa shape index (κ3) is 8.19. The zero-order chi connectivity index (χ0) is 21.8. The first-order valence-corrected chi connectivity index (χ1v) is 10.5. The Bertz CT molecular complexity index is 718. The zero-order valence-electron chi connectivity index (χ0n) is 18.9. The summed E-state index contributed by atoms with van der Waals surface area (Å²) >= 11 is 0. The van der Waals surface area contributed by atoms with Crippen LogP contribution in [-0.4, -0.2) is 0 Å². The summed E-state index contributed by atoms with van der Waals surface area (Å²) in [4.78, 5) is 0. The molecule has 0 aliphatic heterocycles. The smallest absolute Gasteiger partial charge is 2.00 e. The van der Waals surface area contributed by atoms with Crippen molar-refractivity contribution in [3.05, 3.63) is 97.2 Å². The number of hydrogen-bond acceptors (Lipinski definition) is 0. The Morgan fingerprint density at radius 2 is 1.17 bits per heavy atom. The van der Waals surface area contributed by atoms with Gasteiger partial charge in [-0.3, -0.25) is 0 Å². The fraction of sp³-hybridized carbons (Fsp3) is 0.393. The molecular formula is C28H35ORu+. The van der Waals surface area contributed by atoms with E-state index in [1.54, 1.807) is 0 Å². The average molecular weight is 489 g/mol. The van der Waals surface area contributed by atoms with Crippen LogP contribution in [0.5, 0.6) is 0 Å². The molecule has 2 heteroatoms. The van der Waals surface area contributed by atoms with Gasteiger partial charge in [-0.05, 0) is 36.0 Å². The summed E-state index contributed by atoms with van der Waals surface area (Å²) in [5, 5.41) is 0. The van der Waals surface area contributed by atoms with Gasteiger partial charge in [0.2, 0.25) is 0 Å². The van der Waals surface area contributed by atoms with E-state index in [2.05, 4.69) is 78.2 Å². The molecule has 0 bridgehead atoms. The summed E-state index contributed by atoms with van der Waals surface area (Å²) in [6.45, 7) is 20.3. The standard InChI is InChI=1S/C17H15.C10H20.CO.Ru/c1-2-9-17(16-12-7-4-8-13-16)14-15-10-5-3-6-11-15;1-6-7(2)9(4)10(5)8(6)3;1-2;/h2-8,10-13H,1,9H2;6-10H,1-5H3;;/q-1;;;+2. The van der Waals surface area contributed by atoms with Crippen molar-refractivity contribution in [2.75, 3.05) is 0 Å². The Morgan fingerprint density at radius 3 is 1.53 bits per heavy atom. The van der Waals surface area contributed by atoms with Crippen molar-refractivity contribution < 1.29 is 24.1 Å². The number of rotatable bonds is 4. The second-order valence-corrected chi connectivity index (χ2v) is 8.12. The minimum Gasteiger partial charge on any atom is 2.00 e. The van der Waals surface area contributed by atoms with Crippen LogP contribution in [0.15, 0.2) is 73.3 Å². The topological polar surface area (TPSA) is 19.9 Å². The minimum atomic E-state index is 0. The Morgan fingerprint density at radius 1 is 0.800 bits per heavy atom. The van der Waals surface area contributed by atoms with E-state index in [4.69, 9.17) is 4.65 Å². The van der Waals surface area contributed by atoms with Crippen LogP contribution in [0.25, 0.3) is 5.57 Å². The molecule has 0 amide bonds. The predicted octanol–water partition coefficient (Wildman–Crippen LogP) is 7.64. The Labute approximate surface area is 197 Å². The van der Waals surface area contributed by atoms with Crippen molar-refractivity contribution in [2.45, 2.75) is 41.0 Å².